The number of nitrogens with zero attached hydrogens (tertiary/aromatic N) is 2. The molecule has 1 amide bonds. The van der Waals surface area contributed by atoms with E-state index in [0.29, 0.717) is 31.3 Å². The number of carbonyl (C=O) groups is 1. The monoisotopic (exact) mass is 297 g/mol. The molecule has 0 fully saturated rings. The predicted molar refractivity (Wildman–Crippen MR) is 78.4 cm³/mol. The summed E-state index contributed by atoms with van der Waals surface area (Å²) in [5.41, 5.74) is -0.0682. The van der Waals surface area contributed by atoms with E-state index in [1.54, 1.807) is 14.2 Å². The van der Waals surface area contributed by atoms with Crippen molar-refractivity contribution in [2.24, 2.45) is 0 Å². The maximum atomic E-state index is 11.5. The second-order valence-corrected chi connectivity index (χ2v) is 4.12. The first-order valence-corrected chi connectivity index (χ1v) is 6.40. The van der Waals surface area contributed by atoms with Crippen molar-refractivity contribution in [3.05, 3.63) is 22.2 Å². The summed E-state index contributed by atoms with van der Waals surface area (Å²) < 4.78 is 4.82. The fourth-order valence-corrected chi connectivity index (χ4v) is 1.53. The molecule has 0 aromatic carbocycles. The summed E-state index contributed by atoms with van der Waals surface area (Å²) in [4.78, 5) is 25.9. The van der Waals surface area contributed by atoms with E-state index in [-0.39, 0.29) is 18.0 Å². The maximum absolute atomic E-state index is 11.5. The molecule has 0 saturated carbocycles. The Kier molecular flexibility index (Phi) is 6.88. The van der Waals surface area contributed by atoms with E-state index < -0.39 is 4.92 Å². The fourth-order valence-electron chi connectivity index (χ4n) is 1.53. The lowest BCUT2D eigenvalue weighted by molar-refractivity contribution is -0.384. The van der Waals surface area contributed by atoms with Crippen LogP contribution in [0, 0.1) is 10.1 Å². The number of nitrogens with one attached hydrogen (secondary N) is 3. The molecule has 21 heavy (non-hydrogen) atoms. The van der Waals surface area contributed by atoms with Gasteiger partial charge in [0.15, 0.2) is 0 Å². The summed E-state index contributed by atoms with van der Waals surface area (Å²) in [6.07, 6.45) is 0.239. The molecular weight excluding hydrogens is 278 g/mol. The largest absolute Gasteiger partial charge is 0.383 e. The molecule has 0 saturated heterocycles. The molecule has 9 heteroatoms. The minimum atomic E-state index is -0.495. The first-order valence-electron chi connectivity index (χ1n) is 6.40. The third kappa shape index (κ3) is 6.04. The third-order valence-electron chi connectivity index (χ3n) is 2.56. The van der Waals surface area contributed by atoms with Crippen molar-refractivity contribution in [1.29, 1.82) is 0 Å². The molecule has 9 nitrogen and oxygen atoms in total. The van der Waals surface area contributed by atoms with Gasteiger partial charge in [0.1, 0.15) is 11.6 Å². The Hall–Kier alpha value is -2.42. The number of nitro groups is 1. The smallest absolute Gasteiger partial charge is 0.276 e. The van der Waals surface area contributed by atoms with Gasteiger partial charge in [-0.25, -0.2) is 4.98 Å². The van der Waals surface area contributed by atoms with Crippen molar-refractivity contribution in [1.82, 2.24) is 10.3 Å². The van der Waals surface area contributed by atoms with Gasteiger partial charge in [0, 0.05) is 33.7 Å². The third-order valence-corrected chi connectivity index (χ3v) is 2.56. The van der Waals surface area contributed by atoms with Gasteiger partial charge in [-0.05, 0) is 0 Å². The molecule has 0 spiro atoms. The van der Waals surface area contributed by atoms with Gasteiger partial charge in [0.2, 0.25) is 5.91 Å². The van der Waals surface area contributed by atoms with Gasteiger partial charge in [-0.15, -0.1) is 0 Å². The number of rotatable bonds is 9. The SMILES string of the molecule is CNc1cc([N+](=O)[O-])cc(NCCC(=O)NCCOC)n1. The molecule has 0 aliphatic carbocycles. The van der Waals surface area contributed by atoms with E-state index >= 15 is 0 Å². The molecule has 0 atom stereocenters. The summed E-state index contributed by atoms with van der Waals surface area (Å²) in [7, 11) is 3.18. The number of anilines is 2. The van der Waals surface area contributed by atoms with Crippen molar-refractivity contribution in [2.45, 2.75) is 6.42 Å². The molecule has 1 rings (SSSR count). The van der Waals surface area contributed by atoms with Crippen LogP contribution in [0.2, 0.25) is 0 Å². The topological polar surface area (TPSA) is 118 Å². The number of pyridine rings is 1. The van der Waals surface area contributed by atoms with E-state index in [4.69, 9.17) is 4.74 Å². The van der Waals surface area contributed by atoms with Crippen molar-refractivity contribution < 1.29 is 14.5 Å². The van der Waals surface area contributed by atoms with Crippen LogP contribution in [0.5, 0.6) is 0 Å². The summed E-state index contributed by atoms with van der Waals surface area (Å²) >= 11 is 0. The Morgan fingerprint density at radius 3 is 2.71 bits per heavy atom. The van der Waals surface area contributed by atoms with Crippen LogP contribution in [0.3, 0.4) is 0 Å². The van der Waals surface area contributed by atoms with Crippen LogP contribution in [-0.2, 0) is 9.53 Å². The Labute approximate surface area is 122 Å². The zero-order valence-corrected chi connectivity index (χ0v) is 12.0. The van der Waals surface area contributed by atoms with Crippen molar-refractivity contribution >= 4 is 23.2 Å². The quantitative estimate of drug-likeness (QED) is 0.347. The van der Waals surface area contributed by atoms with Crippen LogP contribution in [0.15, 0.2) is 12.1 Å². The van der Waals surface area contributed by atoms with Crippen LogP contribution in [0.1, 0.15) is 6.42 Å². The molecule has 0 radical (unpaired) electrons. The standard InChI is InChI=1S/C12H19N5O4/c1-13-10-7-9(17(19)20)8-11(16-10)14-4-3-12(18)15-5-6-21-2/h7-8H,3-6H2,1-2H3,(H,15,18)(H2,13,14,16). The molecule has 1 aromatic rings. The Morgan fingerprint density at radius 2 is 2.10 bits per heavy atom. The van der Waals surface area contributed by atoms with Gasteiger partial charge in [0.25, 0.3) is 5.69 Å². The van der Waals surface area contributed by atoms with Crippen molar-refractivity contribution in [3.8, 4) is 0 Å². The number of amides is 1. The van der Waals surface area contributed by atoms with E-state index in [0.717, 1.165) is 0 Å². The number of hydrogen-bond donors (Lipinski definition) is 3. The Balaban J connectivity index is 2.49. The number of methoxy groups -OCH3 is 1. The van der Waals surface area contributed by atoms with E-state index in [9.17, 15) is 14.9 Å². The normalized spacial score (nSPS) is 10.0. The lowest BCUT2D eigenvalue weighted by atomic mass is 10.3. The minimum absolute atomic E-state index is 0.0682. The zero-order valence-electron chi connectivity index (χ0n) is 12.0. The molecule has 0 aliphatic heterocycles. The van der Waals surface area contributed by atoms with Gasteiger partial charge >= 0.3 is 0 Å². The minimum Gasteiger partial charge on any atom is -0.383 e. The van der Waals surface area contributed by atoms with Gasteiger partial charge in [0.05, 0.1) is 23.7 Å². The Morgan fingerprint density at radius 1 is 1.38 bits per heavy atom. The van der Waals surface area contributed by atoms with Crippen LogP contribution in [0.25, 0.3) is 0 Å². The van der Waals surface area contributed by atoms with Gasteiger partial charge in [-0.1, -0.05) is 0 Å². The van der Waals surface area contributed by atoms with E-state index in [1.165, 1.54) is 12.1 Å². The molecule has 1 heterocycles. The van der Waals surface area contributed by atoms with E-state index in [2.05, 4.69) is 20.9 Å². The second kappa shape index (κ2) is 8.69. The number of hydrogen-bond acceptors (Lipinski definition) is 7. The first kappa shape index (κ1) is 16.6. The molecule has 116 valence electrons. The molecule has 0 unspecified atom stereocenters. The number of aromatic nitrogens is 1. The first-order chi connectivity index (χ1) is 10.1. The van der Waals surface area contributed by atoms with Gasteiger partial charge in [-0.3, -0.25) is 14.9 Å². The molecule has 0 bridgehead atoms. The average molecular weight is 297 g/mol. The molecule has 1 aromatic heterocycles. The summed E-state index contributed by atoms with van der Waals surface area (Å²) in [5.74, 6) is 0.605. The predicted octanol–water partition coefficient (Wildman–Crippen LogP) is 0.596. The van der Waals surface area contributed by atoms with Crippen molar-refractivity contribution in [3.63, 3.8) is 0 Å². The molecule has 0 aliphatic rings. The van der Waals surface area contributed by atoms with Gasteiger partial charge in [-0.2, -0.15) is 0 Å². The fraction of sp³-hybridized carbons (Fsp3) is 0.500. The maximum Gasteiger partial charge on any atom is 0.276 e. The highest BCUT2D eigenvalue weighted by Gasteiger charge is 2.10. The van der Waals surface area contributed by atoms with Crippen LogP contribution < -0.4 is 16.0 Å². The zero-order chi connectivity index (χ0) is 15.7. The highest BCUT2D eigenvalue weighted by Crippen LogP contribution is 2.20. The van der Waals surface area contributed by atoms with E-state index in [1.807, 2.05) is 0 Å². The summed E-state index contributed by atoms with van der Waals surface area (Å²) in [6.45, 7) is 1.24. The highest BCUT2D eigenvalue weighted by molar-refractivity contribution is 5.76. The van der Waals surface area contributed by atoms with Gasteiger partial charge < -0.3 is 20.7 Å². The number of ether oxygens (including phenoxy) is 1. The average Bonchev–Trinajstić information content (AvgIpc) is 2.47. The molecule has 3 N–H and O–H groups in total. The second-order valence-electron chi connectivity index (χ2n) is 4.12. The van der Waals surface area contributed by atoms with Crippen LogP contribution in [-0.4, -0.2) is 49.7 Å². The van der Waals surface area contributed by atoms with Crippen molar-refractivity contribution in [2.75, 3.05) is 44.5 Å². The number of carbonyl (C=O) groups excluding carboxylic acids is 1. The van der Waals surface area contributed by atoms with Crippen LogP contribution in [0.4, 0.5) is 17.3 Å². The van der Waals surface area contributed by atoms with Crippen LogP contribution >= 0.6 is 0 Å². The summed E-state index contributed by atoms with van der Waals surface area (Å²) in [5, 5.41) is 19.1. The summed E-state index contributed by atoms with van der Waals surface area (Å²) in [6, 6.07) is 2.66. The molecular formula is C12H19N5O4. The Bertz CT molecular complexity index is 495. The lowest BCUT2D eigenvalue weighted by Crippen LogP contribution is -2.28. The lowest BCUT2D eigenvalue weighted by Gasteiger charge is -2.08. The highest BCUT2D eigenvalue weighted by atomic mass is 16.6.